The van der Waals surface area contributed by atoms with Gasteiger partial charge in [0.25, 0.3) is 0 Å². The van der Waals surface area contributed by atoms with Crippen molar-refractivity contribution in [2.24, 2.45) is 0 Å². The summed E-state index contributed by atoms with van der Waals surface area (Å²) in [5.74, 6) is -2.67. The van der Waals surface area contributed by atoms with Crippen LogP contribution in [0.15, 0.2) is 59.5 Å². The summed E-state index contributed by atoms with van der Waals surface area (Å²) in [5, 5.41) is 4.48. The van der Waals surface area contributed by atoms with E-state index in [1.54, 1.807) is 23.6 Å². The van der Waals surface area contributed by atoms with Gasteiger partial charge in [-0.1, -0.05) is 36.0 Å². The third kappa shape index (κ3) is 6.82. The second kappa shape index (κ2) is 10.2. The van der Waals surface area contributed by atoms with Crippen molar-refractivity contribution in [2.45, 2.75) is 17.0 Å². The van der Waals surface area contributed by atoms with E-state index in [0.717, 1.165) is 23.7 Å². The Balaban J connectivity index is 2.20. The molecule has 154 valence electrons. The standard InChI is InChI=1S/C20H19ClF2NO3PS/c1-3-29-19-7-5-15(21)11-14(19)12-18(28(2,26)27)20(25)24-9-8-13-4-6-16(22)17(23)10-13/h3-11,18H,1,12H2,2H3,(H,24,25)(H,26,27)/b9-8+. The van der Waals surface area contributed by atoms with Gasteiger partial charge in [0.05, 0.1) is 0 Å². The monoisotopic (exact) mass is 457 g/mol. The van der Waals surface area contributed by atoms with Crippen LogP contribution in [0.2, 0.25) is 5.02 Å². The number of carbonyl (C=O) groups is 1. The molecule has 2 N–H and O–H groups in total. The predicted octanol–water partition coefficient (Wildman–Crippen LogP) is 5.45. The lowest BCUT2D eigenvalue weighted by atomic mass is 10.1. The van der Waals surface area contributed by atoms with Crippen molar-refractivity contribution in [3.05, 3.63) is 82.4 Å². The van der Waals surface area contributed by atoms with Gasteiger partial charge in [0.2, 0.25) is 13.3 Å². The van der Waals surface area contributed by atoms with E-state index in [9.17, 15) is 23.0 Å². The van der Waals surface area contributed by atoms with Gasteiger partial charge in [-0.25, -0.2) is 8.78 Å². The van der Waals surface area contributed by atoms with Crippen LogP contribution >= 0.6 is 30.7 Å². The van der Waals surface area contributed by atoms with Gasteiger partial charge in [0.1, 0.15) is 5.66 Å². The molecular formula is C20H19ClF2NO3PS. The minimum Gasteiger partial charge on any atom is -0.344 e. The molecule has 29 heavy (non-hydrogen) atoms. The molecule has 0 aromatic heterocycles. The van der Waals surface area contributed by atoms with E-state index in [2.05, 4.69) is 11.9 Å². The van der Waals surface area contributed by atoms with Crippen molar-refractivity contribution < 1.29 is 23.0 Å². The summed E-state index contributed by atoms with van der Waals surface area (Å²) in [4.78, 5) is 23.4. The topological polar surface area (TPSA) is 66.4 Å². The second-order valence-electron chi connectivity index (χ2n) is 6.22. The van der Waals surface area contributed by atoms with Crippen LogP contribution < -0.4 is 5.32 Å². The molecule has 0 saturated carbocycles. The van der Waals surface area contributed by atoms with Crippen LogP contribution in [0.3, 0.4) is 0 Å². The number of hydrogen-bond acceptors (Lipinski definition) is 3. The SMILES string of the molecule is C=CSc1ccc(Cl)cc1CC(C(=O)N/C=C/c1ccc(F)c(F)c1)P(C)(=O)O. The normalized spacial score (nSPS) is 14.4. The fourth-order valence-corrected chi connectivity index (χ4v) is 4.39. The summed E-state index contributed by atoms with van der Waals surface area (Å²) >= 11 is 7.35. The van der Waals surface area contributed by atoms with Crippen molar-refractivity contribution in [2.75, 3.05) is 6.66 Å². The van der Waals surface area contributed by atoms with E-state index < -0.39 is 30.6 Å². The molecule has 4 nitrogen and oxygen atoms in total. The van der Waals surface area contributed by atoms with E-state index in [1.807, 2.05) is 0 Å². The number of thioether (sulfide) groups is 1. The van der Waals surface area contributed by atoms with Crippen molar-refractivity contribution in [3.63, 3.8) is 0 Å². The smallest absolute Gasteiger partial charge is 0.237 e. The van der Waals surface area contributed by atoms with Gasteiger partial charge in [-0.15, -0.1) is 0 Å². The third-order valence-corrected chi connectivity index (χ3v) is 6.60. The molecule has 0 radical (unpaired) electrons. The zero-order valence-electron chi connectivity index (χ0n) is 15.4. The van der Waals surface area contributed by atoms with Gasteiger partial charge < -0.3 is 10.2 Å². The van der Waals surface area contributed by atoms with Crippen molar-refractivity contribution in [1.29, 1.82) is 0 Å². The zero-order chi connectivity index (χ0) is 21.6. The first-order valence-corrected chi connectivity index (χ1v) is 11.8. The van der Waals surface area contributed by atoms with E-state index in [4.69, 9.17) is 11.6 Å². The molecule has 0 spiro atoms. The number of benzene rings is 2. The van der Waals surface area contributed by atoms with Gasteiger partial charge in [-0.05, 0) is 59.4 Å². The number of halogens is 3. The van der Waals surface area contributed by atoms with Gasteiger partial charge in [-0.3, -0.25) is 9.36 Å². The molecule has 9 heteroatoms. The van der Waals surface area contributed by atoms with Crippen LogP contribution in [0.25, 0.3) is 6.08 Å². The van der Waals surface area contributed by atoms with Crippen molar-refractivity contribution in [1.82, 2.24) is 5.32 Å². The Hall–Kier alpha value is -1.92. The average molecular weight is 458 g/mol. The summed E-state index contributed by atoms with van der Waals surface area (Å²) in [6, 6.07) is 8.34. The molecule has 2 unspecified atom stereocenters. The summed E-state index contributed by atoms with van der Waals surface area (Å²) in [6.45, 7) is 4.76. The lowest BCUT2D eigenvalue weighted by Gasteiger charge is -2.20. The van der Waals surface area contributed by atoms with E-state index >= 15 is 0 Å². The van der Waals surface area contributed by atoms with Gasteiger partial charge in [-0.2, -0.15) is 0 Å². The Labute approximate surface area is 177 Å². The number of rotatable bonds is 8. The molecule has 0 aliphatic heterocycles. The fourth-order valence-electron chi connectivity index (χ4n) is 2.53. The largest absolute Gasteiger partial charge is 0.344 e. The Morgan fingerprint density at radius 3 is 2.66 bits per heavy atom. The molecule has 2 rings (SSSR count). The summed E-state index contributed by atoms with van der Waals surface area (Å²) in [7, 11) is -3.81. The molecule has 2 aromatic carbocycles. The molecule has 0 heterocycles. The number of hydrogen-bond donors (Lipinski definition) is 2. The number of carbonyl (C=O) groups excluding carboxylic acids is 1. The van der Waals surface area contributed by atoms with E-state index in [-0.39, 0.29) is 6.42 Å². The van der Waals surface area contributed by atoms with Crippen LogP contribution in [0.1, 0.15) is 11.1 Å². The van der Waals surface area contributed by atoms with Crippen LogP contribution in [-0.4, -0.2) is 23.1 Å². The maximum absolute atomic E-state index is 13.2. The Bertz CT molecular complexity index is 994. The molecule has 0 aliphatic carbocycles. The summed E-state index contributed by atoms with van der Waals surface area (Å²) in [5.41, 5.74) is -0.257. The first-order chi connectivity index (χ1) is 13.6. The minimum absolute atomic E-state index is 0.00807. The van der Waals surface area contributed by atoms with Gasteiger partial charge in [0, 0.05) is 22.8 Å². The maximum atomic E-state index is 13.2. The fraction of sp³-hybridized carbons (Fsp3) is 0.150. The van der Waals surface area contributed by atoms with Crippen LogP contribution in [0, 0.1) is 11.6 Å². The molecular weight excluding hydrogens is 439 g/mol. The zero-order valence-corrected chi connectivity index (χ0v) is 17.9. The highest BCUT2D eigenvalue weighted by Gasteiger charge is 2.33. The first kappa shape index (κ1) is 23.4. The first-order valence-electron chi connectivity index (χ1n) is 8.39. The third-order valence-electron chi connectivity index (χ3n) is 3.97. The van der Waals surface area contributed by atoms with Crippen LogP contribution in [-0.2, 0) is 15.8 Å². The molecule has 0 saturated heterocycles. The van der Waals surface area contributed by atoms with Crippen molar-refractivity contribution >= 4 is 42.7 Å². The van der Waals surface area contributed by atoms with Gasteiger partial charge >= 0.3 is 0 Å². The highest BCUT2D eigenvalue weighted by molar-refractivity contribution is 8.02. The summed E-state index contributed by atoms with van der Waals surface area (Å²) < 4.78 is 38.6. The second-order valence-corrected chi connectivity index (χ2v) is 10.2. The molecule has 1 amide bonds. The van der Waals surface area contributed by atoms with E-state index in [0.29, 0.717) is 16.1 Å². The lowest BCUT2D eigenvalue weighted by Crippen LogP contribution is -2.33. The molecule has 0 aliphatic rings. The molecule has 2 atom stereocenters. The highest BCUT2D eigenvalue weighted by Crippen LogP contribution is 2.44. The number of amides is 1. The van der Waals surface area contributed by atoms with Crippen molar-refractivity contribution in [3.8, 4) is 0 Å². The van der Waals surface area contributed by atoms with E-state index in [1.165, 1.54) is 30.1 Å². The minimum atomic E-state index is -3.81. The number of nitrogens with one attached hydrogen (secondary N) is 1. The van der Waals surface area contributed by atoms with Crippen LogP contribution in [0.5, 0.6) is 0 Å². The van der Waals surface area contributed by atoms with Crippen LogP contribution in [0.4, 0.5) is 8.78 Å². The quantitative estimate of drug-likeness (QED) is 0.408. The predicted molar refractivity (Wildman–Crippen MR) is 114 cm³/mol. The average Bonchev–Trinajstić information content (AvgIpc) is 2.63. The molecule has 0 fully saturated rings. The summed E-state index contributed by atoms with van der Waals surface area (Å²) in [6.07, 6.45) is 2.56. The Kier molecular flexibility index (Phi) is 8.23. The molecule has 0 bridgehead atoms. The Morgan fingerprint density at radius 1 is 1.31 bits per heavy atom. The molecule has 2 aromatic rings. The lowest BCUT2D eigenvalue weighted by molar-refractivity contribution is -0.119. The maximum Gasteiger partial charge on any atom is 0.237 e. The Morgan fingerprint density at radius 2 is 2.03 bits per heavy atom. The van der Waals surface area contributed by atoms with Gasteiger partial charge in [0.15, 0.2) is 11.6 Å². The highest BCUT2D eigenvalue weighted by atomic mass is 35.5.